The SMILES string of the molecule is CC(C)(C)[N]=[Mo]=[N]C(C)(C)C.CCC([N-]C(C)(C)C)[N-]C(C)(C)C.[CH3-]. The van der Waals surface area contributed by atoms with Crippen LogP contribution < -0.4 is 0 Å². The maximum absolute atomic E-state index is 4.65. The average Bonchev–Trinajstić information content (AvgIpc) is 2.21. The molecule has 5 heteroatoms. The normalized spacial score (nSPS) is 12.7. The zero-order chi connectivity index (χ0) is 19.8. The Bertz CT molecular complexity index is 363. The van der Waals surface area contributed by atoms with Crippen molar-refractivity contribution in [2.24, 2.45) is 6.99 Å². The van der Waals surface area contributed by atoms with E-state index in [-0.39, 0.29) is 35.7 Å². The van der Waals surface area contributed by atoms with Crippen molar-refractivity contribution < 1.29 is 18.2 Å². The largest absolute Gasteiger partial charge is 0.673 e. The molecule has 0 atom stereocenters. The van der Waals surface area contributed by atoms with Gasteiger partial charge in [0.05, 0.1) is 0 Å². The minimum Gasteiger partial charge on any atom is -0.673 e. The summed E-state index contributed by atoms with van der Waals surface area (Å²) in [5, 5.41) is 9.29. The van der Waals surface area contributed by atoms with E-state index in [1.165, 1.54) is 0 Å². The molecule has 0 saturated carbocycles. The van der Waals surface area contributed by atoms with E-state index >= 15 is 0 Å². The van der Waals surface area contributed by atoms with Crippen molar-refractivity contribution in [3.05, 3.63) is 18.1 Å². The van der Waals surface area contributed by atoms with Gasteiger partial charge >= 0.3 is 77.8 Å². The van der Waals surface area contributed by atoms with Crippen LogP contribution in [-0.2, 0) is 18.2 Å². The van der Waals surface area contributed by atoms with Gasteiger partial charge in [-0.15, -0.1) is 11.1 Å². The predicted molar refractivity (Wildman–Crippen MR) is 111 cm³/mol. The van der Waals surface area contributed by atoms with Crippen LogP contribution in [0.1, 0.15) is 96.4 Å². The Morgan fingerprint density at radius 1 is 0.680 bits per heavy atom. The van der Waals surface area contributed by atoms with Gasteiger partial charge in [0, 0.05) is 0 Å². The third kappa shape index (κ3) is 29.2. The fourth-order valence-corrected chi connectivity index (χ4v) is 2.68. The minimum absolute atomic E-state index is 0. The first-order valence-electron chi connectivity index (χ1n) is 8.89. The van der Waals surface area contributed by atoms with E-state index in [1.54, 1.807) is 0 Å². The van der Waals surface area contributed by atoms with Crippen LogP contribution in [0.2, 0.25) is 0 Å². The molecule has 0 saturated heterocycles. The summed E-state index contributed by atoms with van der Waals surface area (Å²) in [5.74, 6) is 0. The van der Waals surface area contributed by atoms with Crippen molar-refractivity contribution in [2.45, 2.75) is 125 Å². The summed E-state index contributed by atoms with van der Waals surface area (Å²) in [6.07, 6.45) is 1.15. The summed E-state index contributed by atoms with van der Waals surface area (Å²) in [5.41, 5.74) is 0.263. The van der Waals surface area contributed by atoms with Crippen LogP contribution in [0, 0.1) is 7.43 Å². The number of hydrogen-bond acceptors (Lipinski definition) is 2. The zero-order valence-corrected chi connectivity index (χ0v) is 21.5. The molecular weight excluding hydrogens is 392 g/mol. The molecule has 0 N–H and O–H groups in total. The third-order valence-corrected chi connectivity index (χ3v) is 5.16. The number of nitrogens with zero attached hydrogens (tertiary/aromatic N) is 4. The van der Waals surface area contributed by atoms with Crippen molar-refractivity contribution in [3.63, 3.8) is 0 Å². The van der Waals surface area contributed by atoms with Crippen LogP contribution in [0.3, 0.4) is 0 Å². The zero-order valence-electron chi connectivity index (χ0n) is 19.5. The molecule has 0 fully saturated rings. The van der Waals surface area contributed by atoms with Gasteiger partial charge < -0.3 is 18.1 Å². The Morgan fingerprint density at radius 2 is 0.960 bits per heavy atom. The first-order chi connectivity index (χ1) is 10.3. The second-order valence-corrected chi connectivity index (χ2v) is 11.4. The summed E-state index contributed by atoms with van der Waals surface area (Å²) in [4.78, 5) is 0. The smallest absolute Gasteiger partial charge is 0.0684 e. The van der Waals surface area contributed by atoms with Crippen molar-refractivity contribution in [1.29, 1.82) is 0 Å². The Balaban J connectivity index is -0.000000377. The van der Waals surface area contributed by atoms with Crippen molar-refractivity contribution >= 4 is 0 Å². The molecule has 0 heterocycles. The van der Waals surface area contributed by atoms with Gasteiger partial charge in [0.1, 0.15) is 0 Å². The van der Waals surface area contributed by atoms with Crippen LogP contribution >= 0.6 is 0 Å². The molecule has 0 spiro atoms. The maximum Gasteiger partial charge on any atom is -0.0684 e. The van der Waals surface area contributed by atoms with E-state index in [1.807, 2.05) is 0 Å². The van der Waals surface area contributed by atoms with Crippen LogP contribution in [0.5, 0.6) is 0 Å². The van der Waals surface area contributed by atoms with Crippen LogP contribution in [-0.4, -0.2) is 28.3 Å². The monoisotopic (exact) mass is 439 g/mol. The van der Waals surface area contributed by atoms with Gasteiger partial charge in [0.2, 0.25) is 0 Å². The van der Waals surface area contributed by atoms with Gasteiger partial charge in [0.25, 0.3) is 0 Å². The molecule has 0 aliphatic rings. The summed E-state index contributed by atoms with van der Waals surface area (Å²) >= 11 is -0.473. The second kappa shape index (κ2) is 11.8. The van der Waals surface area contributed by atoms with Crippen LogP contribution in [0.4, 0.5) is 0 Å². The number of rotatable bonds is 3. The quantitative estimate of drug-likeness (QED) is 0.323. The average molecular weight is 438 g/mol. The summed E-state index contributed by atoms with van der Waals surface area (Å²) in [7, 11) is 0. The molecule has 4 nitrogen and oxygen atoms in total. The molecule has 0 unspecified atom stereocenters. The van der Waals surface area contributed by atoms with Crippen molar-refractivity contribution in [1.82, 2.24) is 0 Å². The molecule has 0 rings (SSSR count). The van der Waals surface area contributed by atoms with Crippen molar-refractivity contribution in [3.8, 4) is 0 Å². The molecule has 0 aromatic carbocycles. The van der Waals surface area contributed by atoms with Crippen LogP contribution in [0.15, 0.2) is 6.99 Å². The fourth-order valence-electron chi connectivity index (χ4n) is 1.37. The molecule has 0 amide bonds. The van der Waals surface area contributed by atoms with E-state index < -0.39 is 18.2 Å². The molecule has 25 heavy (non-hydrogen) atoms. The van der Waals surface area contributed by atoms with E-state index in [0.717, 1.165) is 6.42 Å². The molecule has 0 aromatic rings. The van der Waals surface area contributed by atoms with Gasteiger partial charge in [-0.1, -0.05) is 54.9 Å². The first kappa shape index (κ1) is 30.0. The Hall–Kier alpha value is 0.208. The molecule has 154 valence electrons. The van der Waals surface area contributed by atoms with Gasteiger partial charge in [-0.25, -0.2) is 6.17 Å². The summed E-state index contributed by atoms with van der Waals surface area (Å²) in [6, 6.07) is 0. The standard InChI is InChI=1S/C11H24N2.2C4H9N.CH3.Mo/c1-8-9(12-10(2,3)4)13-11(5,6)7;2*1-4(2,3)5;;/h9H,8H2,1-7H3;2*1-3H3;1H3;/q-2;;;-1;. The van der Waals surface area contributed by atoms with Gasteiger partial charge in [-0.05, 0) is 0 Å². The Kier molecular flexibility index (Phi) is 14.2. The van der Waals surface area contributed by atoms with E-state index in [0.29, 0.717) is 0 Å². The van der Waals surface area contributed by atoms with E-state index in [2.05, 4.69) is 108 Å². The minimum atomic E-state index is -0.473. The summed E-state index contributed by atoms with van der Waals surface area (Å²) < 4.78 is 9.01. The number of hydrogen-bond donors (Lipinski definition) is 0. The molecular formula is C20H45MoN4-3. The molecule has 0 aliphatic carbocycles. The molecule has 0 bridgehead atoms. The fraction of sp³-hybridized carbons (Fsp3) is 0.950. The Morgan fingerprint density at radius 3 is 1.12 bits per heavy atom. The van der Waals surface area contributed by atoms with E-state index in [9.17, 15) is 0 Å². The topological polar surface area (TPSA) is 52.9 Å². The summed E-state index contributed by atoms with van der Waals surface area (Å²) in [6.45, 7) is 27.6. The van der Waals surface area contributed by atoms with E-state index in [4.69, 9.17) is 0 Å². The second-order valence-electron chi connectivity index (χ2n) is 10.1. The van der Waals surface area contributed by atoms with Gasteiger partial charge in [-0.3, -0.25) is 0 Å². The van der Waals surface area contributed by atoms with Crippen molar-refractivity contribution in [2.75, 3.05) is 0 Å². The first-order valence-corrected chi connectivity index (χ1v) is 10.7. The van der Waals surface area contributed by atoms with Gasteiger partial charge in [0.15, 0.2) is 0 Å². The van der Waals surface area contributed by atoms with Gasteiger partial charge in [-0.2, -0.15) is 0 Å². The Labute approximate surface area is 168 Å². The maximum atomic E-state index is 4.65. The third-order valence-electron chi connectivity index (χ3n) is 2.07. The molecule has 0 radical (unpaired) electrons. The molecule has 0 aromatic heterocycles. The van der Waals surface area contributed by atoms with Crippen LogP contribution in [0.25, 0.3) is 10.6 Å². The predicted octanol–water partition coefficient (Wildman–Crippen LogP) is 7.55. The molecule has 0 aliphatic heterocycles.